The summed E-state index contributed by atoms with van der Waals surface area (Å²) in [6.45, 7) is 6.27. The van der Waals surface area contributed by atoms with Gasteiger partial charge in [-0.25, -0.2) is 0 Å². The lowest BCUT2D eigenvalue weighted by molar-refractivity contribution is -0.141. The van der Waals surface area contributed by atoms with Crippen LogP contribution < -0.4 is 5.32 Å². The molecule has 6 heteroatoms. The number of carboxylic acids is 1. The number of aliphatic carboxylic acids is 1. The van der Waals surface area contributed by atoms with E-state index >= 15 is 0 Å². The Morgan fingerprint density at radius 3 is 2.50 bits per heavy atom. The third kappa shape index (κ3) is 4.59. The van der Waals surface area contributed by atoms with Crippen molar-refractivity contribution in [3.63, 3.8) is 0 Å². The van der Waals surface area contributed by atoms with Crippen molar-refractivity contribution in [1.82, 2.24) is 10.2 Å². The molecule has 6 nitrogen and oxygen atoms in total. The number of amides is 2. The van der Waals surface area contributed by atoms with Crippen LogP contribution in [0.1, 0.15) is 46.5 Å². The molecule has 1 aliphatic heterocycles. The van der Waals surface area contributed by atoms with Crippen molar-refractivity contribution in [2.75, 3.05) is 6.54 Å². The van der Waals surface area contributed by atoms with Crippen LogP contribution in [0.15, 0.2) is 0 Å². The summed E-state index contributed by atoms with van der Waals surface area (Å²) in [6.07, 6.45) is 1.82. The molecule has 2 N–H and O–H groups in total. The Bertz CT molecular complexity index is 381. The first-order chi connectivity index (χ1) is 9.32. The number of carbonyl (C=O) groups excluding carboxylic acids is 2. The van der Waals surface area contributed by atoms with E-state index in [1.54, 1.807) is 0 Å². The number of carboxylic acid groups (broad SMARTS) is 1. The van der Waals surface area contributed by atoms with Gasteiger partial charge in [-0.05, 0) is 39.2 Å². The van der Waals surface area contributed by atoms with Gasteiger partial charge in [0.25, 0.3) is 0 Å². The summed E-state index contributed by atoms with van der Waals surface area (Å²) in [5.74, 6) is -0.773. The van der Waals surface area contributed by atoms with Crippen molar-refractivity contribution >= 4 is 17.8 Å². The van der Waals surface area contributed by atoms with Crippen LogP contribution in [0, 0.1) is 5.92 Å². The molecule has 0 aliphatic carbocycles. The molecular formula is C14H24N2O4. The van der Waals surface area contributed by atoms with Crippen molar-refractivity contribution in [3.8, 4) is 0 Å². The van der Waals surface area contributed by atoms with Gasteiger partial charge in [-0.1, -0.05) is 6.92 Å². The molecule has 2 amide bonds. The highest BCUT2D eigenvalue weighted by Crippen LogP contribution is 2.16. The smallest absolute Gasteiger partial charge is 0.303 e. The van der Waals surface area contributed by atoms with E-state index in [-0.39, 0.29) is 36.6 Å². The van der Waals surface area contributed by atoms with Crippen LogP contribution in [-0.4, -0.2) is 46.4 Å². The first-order valence-electron chi connectivity index (χ1n) is 7.14. The van der Waals surface area contributed by atoms with Crippen LogP contribution in [0.25, 0.3) is 0 Å². The maximum absolute atomic E-state index is 12.0. The summed E-state index contributed by atoms with van der Waals surface area (Å²) >= 11 is 0. The van der Waals surface area contributed by atoms with E-state index in [9.17, 15) is 14.4 Å². The zero-order valence-electron chi connectivity index (χ0n) is 12.4. The van der Waals surface area contributed by atoms with Crippen molar-refractivity contribution < 1.29 is 19.5 Å². The van der Waals surface area contributed by atoms with E-state index in [1.807, 2.05) is 20.8 Å². The molecule has 2 atom stereocenters. The largest absolute Gasteiger partial charge is 0.481 e. The molecular weight excluding hydrogens is 260 g/mol. The second-order valence-corrected chi connectivity index (χ2v) is 5.73. The van der Waals surface area contributed by atoms with Gasteiger partial charge >= 0.3 is 5.97 Å². The molecule has 1 aliphatic rings. The van der Waals surface area contributed by atoms with Gasteiger partial charge in [0, 0.05) is 12.5 Å². The Labute approximate surface area is 119 Å². The highest BCUT2D eigenvalue weighted by atomic mass is 16.4. The van der Waals surface area contributed by atoms with E-state index in [2.05, 4.69) is 5.32 Å². The highest BCUT2D eigenvalue weighted by Gasteiger charge is 2.39. The Hall–Kier alpha value is -1.43. The fourth-order valence-electron chi connectivity index (χ4n) is 2.37. The summed E-state index contributed by atoms with van der Waals surface area (Å²) in [4.78, 5) is 35.5. The van der Waals surface area contributed by atoms with Crippen LogP contribution >= 0.6 is 0 Å². The monoisotopic (exact) mass is 284 g/mol. The minimum absolute atomic E-state index is 0.101. The molecule has 20 heavy (non-hydrogen) atoms. The fraction of sp³-hybridized carbons (Fsp3) is 0.786. The average molecular weight is 284 g/mol. The molecule has 0 aromatic carbocycles. The molecule has 0 aromatic rings. The molecule has 0 spiro atoms. The lowest BCUT2D eigenvalue weighted by Gasteiger charge is -2.19. The lowest BCUT2D eigenvalue weighted by Crippen LogP contribution is -2.42. The molecule has 1 saturated heterocycles. The maximum atomic E-state index is 12.0. The predicted molar refractivity (Wildman–Crippen MR) is 74.0 cm³/mol. The summed E-state index contributed by atoms with van der Waals surface area (Å²) in [5.41, 5.74) is 0. The van der Waals surface area contributed by atoms with Gasteiger partial charge in [-0.15, -0.1) is 0 Å². The van der Waals surface area contributed by atoms with E-state index in [1.165, 1.54) is 4.90 Å². The van der Waals surface area contributed by atoms with Crippen LogP contribution in [-0.2, 0) is 14.4 Å². The van der Waals surface area contributed by atoms with E-state index in [0.29, 0.717) is 13.0 Å². The Balaban J connectivity index is 2.31. The van der Waals surface area contributed by atoms with Gasteiger partial charge < -0.3 is 10.4 Å². The first kappa shape index (κ1) is 16.6. The van der Waals surface area contributed by atoms with Gasteiger partial charge in [0.2, 0.25) is 11.8 Å². The van der Waals surface area contributed by atoms with Crippen molar-refractivity contribution in [3.05, 3.63) is 0 Å². The SMILES string of the molecule is CC(CCNC1CC(=O)N(C(C)C)C1=O)CCC(=O)O. The minimum atomic E-state index is -0.783. The van der Waals surface area contributed by atoms with Crippen LogP contribution in [0.4, 0.5) is 0 Å². The highest BCUT2D eigenvalue weighted by molar-refractivity contribution is 6.05. The van der Waals surface area contributed by atoms with E-state index in [4.69, 9.17) is 5.11 Å². The summed E-state index contributed by atoms with van der Waals surface area (Å²) in [5, 5.41) is 11.7. The molecule has 1 fully saturated rings. The molecule has 114 valence electrons. The van der Waals surface area contributed by atoms with Crippen LogP contribution in [0.3, 0.4) is 0 Å². The zero-order valence-corrected chi connectivity index (χ0v) is 12.4. The average Bonchev–Trinajstić information content (AvgIpc) is 2.62. The second kappa shape index (κ2) is 7.38. The molecule has 1 rings (SSSR count). The first-order valence-corrected chi connectivity index (χ1v) is 7.14. The zero-order chi connectivity index (χ0) is 15.3. The predicted octanol–water partition coefficient (Wildman–Crippen LogP) is 1.00. The maximum Gasteiger partial charge on any atom is 0.303 e. The van der Waals surface area contributed by atoms with Crippen molar-refractivity contribution in [2.45, 2.75) is 58.5 Å². The standard InChI is InChI=1S/C14H24N2O4/c1-9(2)16-12(17)8-11(14(16)20)15-7-6-10(3)4-5-13(18)19/h9-11,15H,4-8H2,1-3H3,(H,18,19). The minimum Gasteiger partial charge on any atom is -0.481 e. The third-order valence-electron chi connectivity index (χ3n) is 3.58. The van der Waals surface area contributed by atoms with E-state index in [0.717, 1.165) is 6.42 Å². The number of hydrogen-bond acceptors (Lipinski definition) is 4. The Morgan fingerprint density at radius 1 is 1.35 bits per heavy atom. The summed E-state index contributed by atoms with van der Waals surface area (Å²) in [6, 6.07) is -0.520. The van der Waals surface area contributed by atoms with Gasteiger partial charge in [-0.2, -0.15) is 0 Å². The number of carbonyl (C=O) groups is 3. The Morgan fingerprint density at radius 2 is 2.00 bits per heavy atom. The quantitative estimate of drug-likeness (QED) is 0.649. The molecule has 0 bridgehead atoms. The molecule has 0 saturated carbocycles. The van der Waals surface area contributed by atoms with Gasteiger partial charge in [0.05, 0.1) is 12.5 Å². The number of rotatable bonds is 8. The number of nitrogens with zero attached hydrogens (tertiary/aromatic N) is 1. The lowest BCUT2D eigenvalue weighted by atomic mass is 10.0. The van der Waals surface area contributed by atoms with Crippen LogP contribution in [0.5, 0.6) is 0 Å². The van der Waals surface area contributed by atoms with Gasteiger partial charge in [-0.3, -0.25) is 19.3 Å². The third-order valence-corrected chi connectivity index (χ3v) is 3.58. The number of likely N-dealkylation sites (tertiary alicyclic amines) is 1. The van der Waals surface area contributed by atoms with Gasteiger partial charge in [0.1, 0.15) is 0 Å². The van der Waals surface area contributed by atoms with Crippen molar-refractivity contribution in [2.24, 2.45) is 5.92 Å². The second-order valence-electron chi connectivity index (χ2n) is 5.73. The van der Waals surface area contributed by atoms with Crippen LogP contribution in [0.2, 0.25) is 0 Å². The fourth-order valence-corrected chi connectivity index (χ4v) is 2.37. The van der Waals surface area contributed by atoms with Gasteiger partial charge in [0.15, 0.2) is 0 Å². The molecule has 0 aromatic heterocycles. The van der Waals surface area contributed by atoms with E-state index < -0.39 is 12.0 Å². The molecule has 2 unspecified atom stereocenters. The number of hydrogen-bond donors (Lipinski definition) is 2. The van der Waals surface area contributed by atoms with Crippen molar-refractivity contribution in [1.29, 1.82) is 0 Å². The number of nitrogens with one attached hydrogen (secondary N) is 1. The Kier molecular flexibility index (Phi) is 6.13. The summed E-state index contributed by atoms with van der Waals surface area (Å²) in [7, 11) is 0. The molecule has 1 heterocycles. The normalized spacial score (nSPS) is 20.8. The summed E-state index contributed by atoms with van der Waals surface area (Å²) < 4.78 is 0. The topological polar surface area (TPSA) is 86.7 Å². The number of imide groups is 1. The molecule has 0 radical (unpaired) electrons.